The molecular weight excluding hydrogens is 529 g/mol. The minimum Gasteiger partial charge on any atom is -0.490 e. The Hall–Kier alpha value is -2.93. The van der Waals surface area contributed by atoms with E-state index in [4.69, 9.17) is 32.7 Å². The van der Waals surface area contributed by atoms with Gasteiger partial charge in [-0.2, -0.15) is 0 Å². The van der Waals surface area contributed by atoms with Crippen LogP contribution in [0.2, 0.25) is 10.0 Å². The molecule has 0 saturated carbocycles. The van der Waals surface area contributed by atoms with Crippen molar-refractivity contribution in [1.29, 1.82) is 0 Å². The standard InChI is InChI=1S/C29H27Cl2NO4S/c1-29(2,3)21-7-11-23(12-8-21)36-15-14-35-22-9-4-19(5-10-22)17-26-27(33)32(28(34)37-26)18-20-6-13-24(30)25(31)16-20/h4-13,16-17H,14-15,18H2,1-3H3/b26-17-. The van der Waals surface area contributed by atoms with E-state index in [-0.39, 0.29) is 23.1 Å². The predicted molar refractivity (Wildman–Crippen MR) is 151 cm³/mol. The highest BCUT2D eigenvalue weighted by Crippen LogP contribution is 2.34. The Labute approximate surface area is 231 Å². The third-order valence-electron chi connectivity index (χ3n) is 5.72. The lowest BCUT2D eigenvalue weighted by Crippen LogP contribution is -2.27. The van der Waals surface area contributed by atoms with Crippen LogP contribution in [0.4, 0.5) is 4.79 Å². The van der Waals surface area contributed by atoms with Crippen LogP contribution < -0.4 is 9.47 Å². The van der Waals surface area contributed by atoms with E-state index in [1.807, 2.05) is 36.4 Å². The van der Waals surface area contributed by atoms with Crippen molar-refractivity contribution in [3.63, 3.8) is 0 Å². The Morgan fingerprint density at radius 1 is 0.838 bits per heavy atom. The first-order chi connectivity index (χ1) is 17.6. The number of imide groups is 1. The molecule has 4 rings (SSSR count). The molecule has 1 aliphatic rings. The van der Waals surface area contributed by atoms with Crippen molar-refractivity contribution in [3.05, 3.63) is 98.4 Å². The van der Waals surface area contributed by atoms with Crippen molar-refractivity contribution in [1.82, 2.24) is 4.90 Å². The molecule has 192 valence electrons. The fourth-order valence-corrected chi connectivity index (χ4v) is 4.80. The molecule has 0 aromatic heterocycles. The van der Waals surface area contributed by atoms with E-state index in [9.17, 15) is 9.59 Å². The van der Waals surface area contributed by atoms with Crippen molar-refractivity contribution in [2.24, 2.45) is 0 Å². The number of amides is 2. The topological polar surface area (TPSA) is 55.8 Å². The smallest absolute Gasteiger partial charge is 0.293 e. The minimum atomic E-state index is -0.339. The molecule has 3 aromatic carbocycles. The predicted octanol–water partition coefficient (Wildman–Crippen LogP) is 7.99. The lowest BCUT2D eigenvalue weighted by Gasteiger charge is -2.19. The molecule has 37 heavy (non-hydrogen) atoms. The van der Waals surface area contributed by atoms with Crippen LogP contribution in [0.1, 0.15) is 37.5 Å². The van der Waals surface area contributed by atoms with Gasteiger partial charge in [-0.25, -0.2) is 0 Å². The Morgan fingerprint density at radius 3 is 2.00 bits per heavy atom. The Kier molecular flexibility index (Phi) is 8.53. The van der Waals surface area contributed by atoms with Crippen LogP contribution in [-0.4, -0.2) is 29.3 Å². The molecule has 1 aliphatic heterocycles. The maximum absolute atomic E-state index is 12.8. The number of hydrogen-bond donors (Lipinski definition) is 0. The zero-order valence-electron chi connectivity index (χ0n) is 20.8. The summed E-state index contributed by atoms with van der Waals surface area (Å²) in [6.07, 6.45) is 1.70. The first kappa shape index (κ1) is 27.1. The fraction of sp³-hybridized carbons (Fsp3) is 0.241. The van der Waals surface area contributed by atoms with Gasteiger partial charge >= 0.3 is 0 Å². The number of hydrogen-bond acceptors (Lipinski definition) is 5. The molecule has 3 aromatic rings. The third-order valence-corrected chi connectivity index (χ3v) is 7.36. The van der Waals surface area contributed by atoms with Gasteiger partial charge in [0.15, 0.2) is 0 Å². The van der Waals surface area contributed by atoms with Gasteiger partial charge in [-0.1, -0.05) is 74.3 Å². The molecule has 0 N–H and O–H groups in total. The van der Waals surface area contributed by atoms with Crippen LogP contribution in [0.3, 0.4) is 0 Å². The maximum atomic E-state index is 12.8. The number of halogens is 2. The molecular formula is C29H27Cl2NO4S. The van der Waals surface area contributed by atoms with Crippen LogP contribution in [0.5, 0.6) is 11.5 Å². The summed E-state index contributed by atoms with van der Waals surface area (Å²) in [5.41, 5.74) is 2.88. The summed E-state index contributed by atoms with van der Waals surface area (Å²) in [7, 11) is 0. The summed E-state index contributed by atoms with van der Waals surface area (Å²) < 4.78 is 11.5. The van der Waals surface area contributed by atoms with E-state index >= 15 is 0 Å². The number of ether oxygens (including phenoxy) is 2. The fourth-order valence-electron chi connectivity index (χ4n) is 3.64. The van der Waals surface area contributed by atoms with E-state index in [0.29, 0.717) is 33.9 Å². The third kappa shape index (κ3) is 7.10. The molecule has 0 bridgehead atoms. The molecule has 0 unspecified atom stereocenters. The number of nitrogens with zero attached hydrogens (tertiary/aromatic N) is 1. The van der Waals surface area contributed by atoms with Gasteiger partial charge in [-0.3, -0.25) is 14.5 Å². The summed E-state index contributed by atoms with van der Waals surface area (Å²) in [6.45, 7) is 7.48. The van der Waals surface area contributed by atoms with E-state index in [2.05, 4.69) is 32.9 Å². The molecule has 0 atom stereocenters. The van der Waals surface area contributed by atoms with Crippen LogP contribution in [0, 0.1) is 0 Å². The Balaban J connectivity index is 1.28. The first-order valence-corrected chi connectivity index (χ1v) is 13.3. The highest BCUT2D eigenvalue weighted by Gasteiger charge is 2.35. The Morgan fingerprint density at radius 2 is 1.43 bits per heavy atom. The van der Waals surface area contributed by atoms with E-state index < -0.39 is 0 Å². The van der Waals surface area contributed by atoms with Gasteiger partial charge in [-0.05, 0) is 76.3 Å². The zero-order valence-corrected chi connectivity index (χ0v) is 23.1. The average Bonchev–Trinajstić information content (AvgIpc) is 3.12. The number of rotatable bonds is 8. The van der Waals surface area contributed by atoms with E-state index in [1.165, 1.54) is 10.5 Å². The van der Waals surface area contributed by atoms with Gasteiger partial charge in [0.2, 0.25) is 0 Å². The molecule has 8 heteroatoms. The molecule has 1 heterocycles. The summed E-state index contributed by atoms with van der Waals surface area (Å²) in [5.74, 6) is 1.16. The highest BCUT2D eigenvalue weighted by atomic mass is 35.5. The lowest BCUT2D eigenvalue weighted by atomic mass is 9.87. The molecule has 5 nitrogen and oxygen atoms in total. The highest BCUT2D eigenvalue weighted by molar-refractivity contribution is 8.18. The summed E-state index contributed by atoms with van der Waals surface area (Å²) in [6, 6.07) is 20.5. The van der Waals surface area contributed by atoms with Gasteiger partial charge in [0.25, 0.3) is 11.1 Å². The number of carbonyl (C=O) groups is 2. The van der Waals surface area contributed by atoms with Crippen LogP contribution in [0.15, 0.2) is 71.6 Å². The average molecular weight is 557 g/mol. The first-order valence-electron chi connectivity index (χ1n) is 11.8. The molecule has 0 aliphatic carbocycles. The van der Waals surface area contributed by atoms with E-state index in [0.717, 1.165) is 28.6 Å². The van der Waals surface area contributed by atoms with Gasteiger partial charge in [0.1, 0.15) is 24.7 Å². The summed E-state index contributed by atoms with van der Waals surface area (Å²) >= 11 is 12.9. The SMILES string of the molecule is CC(C)(C)c1ccc(OCCOc2ccc(/C=C3\SC(=O)N(Cc4ccc(Cl)c(Cl)c4)C3=O)cc2)cc1. The number of carbonyl (C=O) groups excluding carboxylic acids is 2. The molecule has 1 saturated heterocycles. The van der Waals surface area contributed by atoms with Gasteiger partial charge in [0.05, 0.1) is 21.5 Å². The van der Waals surface area contributed by atoms with E-state index in [1.54, 1.807) is 24.3 Å². The monoisotopic (exact) mass is 555 g/mol. The van der Waals surface area contributed by atoms with Crippen molar-refractivity contribution in [3.8, 4) is 11.5 Å². The van der Waals surface area contributed by atoms with Crippen LogP contribution in [-0.2, 0) is 16.8 Å². The minimum absolute atomic E-state index is 0.106. The van der Waals surface area contributed by atoms with Gasteiger partial charge in [0, 0.05) is 0 Å². The summed E-state index contributed by atoms with van der Waals surface area (Å²) in [5, 5.41) is 0.478. The summed E-state index contributed by atoms with van der Waals surface area (Å²) in [4.78, 5) is 26.8. The normalized spacial score (nSPS) is 14.9. The van der Waals surface area contributed by atoms with Gasteiger partial charge in [-0.15, -0.1) is 0 Å². The maximum Gasteiger partial charge on any atom is 0.293 e. The zero-order chi connectivity index (χ0) is 26.6. The van der Waals surface area contributed by atoms with Crippen molar-refractivity contribution >= 4 is 52.2 Å². The lowest BCUT2D eigenvalue weighted by molar-refractivity contribution is -0.123. The molecule has 0 spiro atoms. The van der Waals surface area contributed by atoms with Crippen molar-refractivity contribution in [2.75, 3.05) is 13.2 Å². The largest absolute Gasteiger partial charge is 0.490 e. The van der Waals surface area contributed by atoms with Gasteiger partial charge < -0.3 is 9.47 Å². The van der Waals surface area contributed by atoms with Crippen molar-refractivity contribution in [2.45, 2.75) is 32.7 Å². The second-order valence-electron chi connectivity index (χ2n) is 9.56. The molecule has 2 amide bonds. The number of benzene rings is 3. The Bertz CT molecular complexity index is 1320. The second-order valence-corrected chi connectivity index (χ2v) is 11.4. The quantitative estimate of drug-likeness (QED) is 0.208. The second kappa shape index (κ2) is 11.6. The molecule has 0 radical (unpaired) electrons. The van der Waals surface area contributed by atoms with Crippen LogP contribution >= 0.6 is 35.0 Å². The molecule has 1 fully saturated rings. The van der Waals surface area contributed by atoms with Crippen molar-refractivity contribution < 1.29 is 19.1 Å². The van der Waals surface area contributed by atoms with Crippen LogP contribution in [0.25, 0.3) is 6.08 Å². The number of thioether (sulfide) groups is 1.